The van der Waals surface area contributed by atoms with E-state index in [2.05, 4.69) is 9.98 Å². The molecule has 3 nitrogen and oxygen atoms in total. The number of rotatable bonds is 2. The summed E-state index contributed by atoms with van der Waals surface area (Å²) in [6.07, 6.45) is -3.30. The SMILES string of the molecule is Oc1[nH]c2cc(Cl)ccc2c1C=Nc1ccccc1C(F)(F)F. The van der Waals surface area contributed by atoms with Gasteiger partial charge >= 0.3 is 6.18 Å². The molecule has 2 N–H and O–H groups in total. The number of alkyl halides is 3. The summed E-state index contributed by atoms with van der Waals surface area (Å²) in [7, 11) is 0. The lowest BCUT2D eigenvalue weighted by atomic mass is 10.1. The molecule has 3 aromatic rings. The van der Waals surface area contributed by atoms with Gasteiger partial charge in [-0.2, -0.15) is 13.2 Å². The van der Waals surface area contributed by atoms with Gasteiger partial charge in [0.25, 0.3) is 0 Å². The topological polar surface area (TPSA) is 48.4 Å². The molecule has 0 aliphatic carbocycles. The van der Waals surface area contributed by atoms with Gasteiger partial charge in [-0.05, 0) is 24.3 Å². The number of para-hydroxylation sites is 1. The third-order valence-electron chi connectivity index (χ3n) is 3.32. The minimum Gasteiger partial charge on any atom is -0.494 e. The molecular formula is C16H10ClF3N2O. The Labute approximate surface area is 134 Å². The number of hydrogen-bond donors (Lipinski definition) is 2. The Morgan fingerprint density at radius 1 is 1.13 bits per heavy atom. The lowest BCUT2D eigenvalue weighted by Gasteiger charge is -2.08. The van der Waals surface area contributed by atoms with Crippen molar-refractivity contribution in [2.45, 2.75) is 6.18 Å². The molecule has 0 amide bonds. The van der Waals surface area contributed by atoms with E-state index in [1.165, 1.54) is 24.4 Å². The second-order valence-corrected chi connectivity index (χ2v) is 5.29. The van der Waals surface area contributed by atoms with E-state index in [0.29, 0.717) is 21.5 Å². The smallest absolute Gasteiger partial charge is 0.418 e. The zero-order chi connectivity index (χ0) is 16.6. The summed E-state index contributed by atoms with van der Waals surface area (Å²) in [4.78, 5) is 6.60. The van der Waals surface area contributed by atoms with Gasteiger partial charge in [0.15, 0.2) is 5.88 Å². The molecule has 0 atom stereocenters. The molecule has 3 rings (SSSR count). The minimum atomic E-state index is -4.50. The number of aromatic hydroxyl groups is 1. The lowest BCUT2D eigenvalue weighted by Crippen LogP contribution is -2.04. The third-order valence-corrected chi connectivity index (χ3v) is 3.56. The van der Waals surface area contributed by atoms with Crippen LogP contribution in [-0.2, 0) is 6.18 Å². The van der Waals surface area contributed by atoms with E-state index >= 15 is 0 Å². The van der Waals surface area contributed by atoms with Crippen molar-refractivity contribution in [1.29, 1.82) is 0 Å². The first-order valence-corrected chi connectivity index (χ1v) is 6.94. The molecule has 0 aliphatic rings. The monoisotopic (exact) mass is 338 g/mol. The Kier molecular flexibility index (Phi) is 3.77. The number of nitrogens with zero attached hydrogens (tertiary/aromatic N) is 1. The number of aromatic nitrogens is 1. The fourth-order valence-corrected chi connectivity index (χ4v) is 2.44. The van der Waals surface area contributed by atoms with Gasteiger partial charge in [-0.15, -0.1) is 0 Å². The quantitative estimate of drug-likeness (QED) is 0.612. The van der Waals surface area contributed by atoms with Crippen molar-refractivity contribution in [1.82, 2.24) is 4.98 Å². The van der Waals surface area contributed by atoms with E-state index in [1.807, 2.05) is 0 Å². The molecule has 0 saturated heterocycles. The van der Waals surface area contributed by atoms with Crippen LogP contribution in [0.5, 0.6) is 5.88 Å². The van der Waals surface area contributed by atoms with Gasteiger partial charge in [0.05, 0.1) is 22.3 Å². The molecule has 0 radical (unpaired) electrons. The fraction of sp³-hybridized carbons (Fsp3) is 0.0625. The average Bonchev–Trinajstić information content (AvgIpc) is 2.79. The molecule has 0 bridgehead atoms. The number of aromatic amines is 1. The van der Waals surface area contributed by atoms with Crippen molar-refractivity contribution in [3.05, 3.63) is 58.6 Å². The molecule has 118 valence electrons. The third kappa shape index (κ3) is 3.03. The van der Waals surface area contributed by atoms with Crippen LogP contribution >= 0.6 is 11.6 Å². The van der Waals surface area contributed by atoms with E-state index in [0.717, 1.165) is 6.07 Å². The number of aliphatic imine (C=N–C) groups is 1. The van der Waals surface area contributed by atoms with Crippen LogP contribution in [0.2, 0.25) is 5.02 Å². The highest BCUT2D eigenvalue weighted by atomic mass is 35.5. The zero-order valence-electron chi connectivity index (χ0n) is 11.5. The molecule has 0 spiro atoms. The average molecular weight is 339 g/mol. The van der Waals surface area contributed by atoms with Crippen molar-refractivity contribution in [3.8, 4) is 5.88 Å². The van der Waals surface area contributed by atoms with E-state index < -0.39 is 11.7 Å². The summed E-state index contributed by atoms with van der Waals surface area (Å²) in [5.41, 5.74) is -0.185. The van der Waals surface area contributed by atoms with E-state index in [-0.39, 0.29) is 11.6 Å². The lowest BCUT2D eigenvalue weighted by molar-refractivity contribution is -0.137. The molecule has 0 aliphatic heterocycles. The molecule has 1 heterocycles. The molecule has 0 saturated carbocycles. The maximum Gasteiger partial charge on any atom is 0.418 e. The van der Waals surface area contributed by atoms with E-state index in [1.54, 1.807) is 18.2 Å². The Morgan fingerprint density at radius 2 is 1.87 bits per heavy atom. The normalized spacial score (nSPS) is 12.3. The van der Waals surface area contributed by atoms with Gasteiger partial charge in [-0.1, -0.05) is 29.8 Å². The Bertz CT molecular complexity index is 900. The maximum absolute atomic E-state index is 12.9. The first-order chi connectivity index (χ1) is 10.9. The number of hydrogen-bond acceptors (Lipinski definition) is 2. The van der Waals surface area contributed by atoms with Crippen LogP contribution in [0.1, 0.15) is 11.1 Å². The molecule has 7 heteroatoms. The summed E-state index contributed by atoms with van der Waals surface area (Å²) in [6, 6.07) is 9.88. The molecule has 0 fully saturated rings. The largest absolute Gasteiger partial charge is 0.494 e. The van der Waals surface area contributed by atoms with Crippen LogP contribution < -0.4 is 0 Å². The number of H-pyrrole nitrogens is 1. The van der Waals surface area contributed by atoms with Crippen LogP contribution in [0.15, 0.2) is 47.5 Å². The van der Waals surface area contributed by atoms with Crippen LogP contribution in [0.25, 0.3) is 10.9 Å². The standard InChI is InChI=1S/C16H10ClF3N2O/c17-9-5-6-10-11(15(23)22-14(10)7-9)8-21-13-4-2-1-3-12(13)16(18,19)20/h1-8,22-23H. The Balaban J connectivity index is 2.07. The molecule has 1 aromatic heterocycles. The highest BCUT2D eigenvalue weighted by Crippen LogP contribution is 2.36. The van der Waals surface area contributed by atoms with E-state index in [4.69, 9.17) is 11.6 Å². The molecule has 23 heavy (non-hydrogen) atoms. The Hall–Kier alpha value is -2.47. The van der Waals surface area contributed by atoms with Gasteiger partial charge in [0, 0.05) is 16.6 Å². The summed E-state index contributed by atoms with van der Waals surface area (Å²) in [5, 5.41) is 11.0. The van der Waals surface area contributed by atoms with Gasteiger partial charge in [-0.3, -0.25) is 4.99 Å². The number of halogens is 4. The number of benzene rings is 2. The summed E-state index contributed by atoms with van der Waals surface area (Å²) in [6.45, 7) is 0. The Morgan fingerprint density at radius 3 is 2.61 bits per heavy atom. The van der Waals surface area contributed by atoms with Crippen LogP contribution in [0.4, 0.5) is 18.9 Å². The summed E-state index contributed by atoms with van der Waals surface area (Å²) < 4.78 is 38.8. The highest BCUT2D eigenvalue weighted by molar-refractivity contribution is 6.31. The van der Waals surface area contributed by atoms with Crippen molar-refractivity contribution in [2.75, 3.05) is 0 Å². The maximum atomic E-state index is 12.9. The molecule has 2 aromatic carbocycles. The molecule has 0 unspecified atom stereocenters. The minimum absolute atomic E-state index is 0.185. The fourth-order valence-electron chi connectivity index (χ4n) is 2.27. The van der Waals surface area contributed by atoms with Crippen molar-refractivity contribution >= 4 is 34.4 Å². The second-order valence-electron chi connectivity index (χ2n) is 4.85. The summed E-state index contributed by atoms with van der Waals surface area (Å²) >= 11 is 5.86. The first kappa shape index (κ1) is 15.4. The molecular weight excluding hydrogens is 329 g/mol. The van der Waals surface area contributed by atoms with Crippen LogP contribution in [0.3, 0.4) is 0 Å². The van der Waals surface area contributed by atoms with Crippen LogP contribution in [0, 0.1) is 0 Å². The highest BCUT2D eigenvalue weighted by Gasteiger charge is 2.33. The second kappa shape index (κ2) is 5.62. The van der Waals surface area contributed by atoms with Crippen LogP contribution in [-0.4, -0.2) is 16.3 Å². The van der Waals surface area contributed by atoms with Gasteiger partial charge in [0.1, 0.15) is 0 Å². The van der Waals surface area contributed by atoms with Gasteiger partial charge in [-0.25, -0.2) is 0 Å². The van der Waals surface area contributed by atoms with Crippen molar-refractivity contribution < 1.29 is 18.3 Å². The zero-order valence-corrected chi connectivity index (χ0v) is 12.3. The van der Waals surface area contributed by atoms with Gasteiger partial charge < -0.3 is 10.1 Å². The van der Waals surface area contributed by atoms with Gasteiger partial charge in [0.2, 0.25) is 0 Å². The van der Waals surface area contributed by atoms with Crippen molar-refractivity contribution in [3.63, 3.8) is 0 Å². The first-order valence-electron chi connectivity index (χ1n) is 6.57. The number of nitrogens with one attached hydrogen (secondary N) is 1. The summed E-state index contributed by atoms with van der Waals surface area (Å²) in [5.74, 6) is -0.185. The number of fused-ring (bicyclic) bond motifs is 1. The van der Waals surface area contributed by atoms with E-state index in [9.17, 15) is 18.3 Å². The predicted molar refractivity (Wildman–Crippen MR) is 83.7 cm³/mol. The predicted octanol–water partition coefficient (Wildman–Crippen LogP) is 5.30. The van der Waals surface area contributed by atoms with Crippen molar-refractivity contribution in [2.24, 2.45) is 4.99 Å².